The standard InChI is InChI=1S/C29H45N3O5/c1-8-14-30-15-10-12-28(9-2)20(23(30)34)21-24(35)31(17-18-33)22-25(36)32(16-11-13-29(21,22)37-28)27(6,7)19-26(3,4)5/h10-13,20-22,33H,8-9,14-19H2,1-7H3/t20-,21+,22?,28+,29+/m1/s1. The second-order valence-electron chi connectivity index (χ2n) is 13.0. The quantitative estimate of drug-likeness (QED) is 0.527. The van der Waals surface area contributed by atoms with Crippen LogP contribution in [0.25, 0.3) is 0 Å². The topological polar surface area (TPSA) is 90.4 Å². The van der Waals surface area contributed by atoms with Crippen molar-refractivity contribution in [3.8, 4) is 0 Å². The molecular weight excluding hydrogens is 470 g/mol. The van der Waals surface area contributed by atoms with Gasteiger partial charge in [0.1, 0.15) is 11.6 Å². The monoisotopic (exact) mass is 515 g/mol. The zero-order valence-corrected chi connectivity index (χ0v) is 23.6. The molecule has 3 amide bonds. The summed E-state index contributed by atoms with van der Waals surface area (Å²) < 4.78 is 6.94. The van der Waals surface area contributed by atoms with Gasteiger partial charge < -0.3 is 24.5 Å². The molecule has 0 saturated carbocycles. The molecule has 4 heterocycles. The summed E-state index contributed by atoms with van der Waals surface area (Å²) in [5.74, 6) is -2.12. The van der Waals surface area contributed by atoms with Gasteiger partial charge in [-0.25, -0.2) is 0 Å². The van der Waals surface area contributed by atoms with Gasteiger partial charge in [-0.3, -0.25) is 14.4 Å². The van der Waals surface area contributed by atoms with Crippen LogP contribution in [0.1, 0.15) is 67.7 Å². The highest BCUT2D eigenvalue weighted by molar-refractivity contribution is 6.00. The average molecular weight is 516 g/mol. The van der Waals surface area contributed by atoms with Crippen LogP contribution < -0.4 is 0 Å². The van der Waals surface area contributed by atoms with E-state index in [2.05, 4.69) is 34.6 Å². The van der Waals surface area contributed by atoms with Crippen molar-refractivity contribution in [3.05, 3.63) is 24.3 Å². The van der Waals surface area contributed by atoms with Crippen molar-refractivity contribution >= 4 is 17.7 Å². The Morgan fingerprint density at radius 3 is 2.22 bits per heavy atom. The first-order valence-corrected chi connectivity index (χ1v) is 13.9. The van der Waals surface area contributed by atoms with Crippen LogP contribution in [-0.2, 0) is 19.1 Å². The van der Waals surface area contributed by atoms with Crippen LogP contribution in [0.3, 0.4) is 0 Å². The molecule has 2 saturated heterocycles. The lowest BCUT2D eigenvalue weighted by Crippen LogP contribution is -2.60. The van der Waals surface area contributed by atoms with Crippen molar-refractivity contribution < 1.29 is 24.2 Å². The first kappa shape index (κ1) is 27.8. The zero-order chi connectivity index (χ0) is 27.4. The Morgan fingerprint density at radius 1 is 0.946 bits per heavy atom. The summed E-state index contributed by atoms with van der Waals surface area (Å²) in [6.45, 7) is 15.8. The molecule has 0 aromatic rings. The number of aliphatic hydroxyl groups excluding tert-OH is 1. The van der Waals surface area contributed by atoms with Crippen LogP contribution in [0.15, 0.2) is 24.3 Å². The van der Waals surface area contributed by atoms with Gasteiger partial charge in [0.25, 0.3) is 0 Å². The second kappa shape index (κ2) is 9.53. The van der Waals surface area contributed by atoms with Crippen LogP contribution in [-0.4, -0.2) is 93.1 Å². The number of amides is 3. The number of carbonyl (C=O) groups is 3. The molecule has 1 unspecified atom stereocenters. The van der Waals surface area contributed by atoms with E-state index in [1.807, 2.05) is 43.1 Å². The van der Waals surface area contributed by atoms with Crippen molar-refractivity contribution in [2.75, 3.05) is 32.8 Å². The predicted octanol–water partition coefficient (Wildman–Crippen LogP) is 2.76. The Kier molecular flexibility index (Phi) is 7.17. The molecule has 8 heteroatoms. The Hall–Kier alpha value is -2.19. The van der Waals surface area contributed by atoms with Crippen molar-refractivity contribution in [3.63, 3.8) is 0 Å². The van der Waals surface area contributed by atoms with Gasteiger partial charge in [-0.1, -0.05) is 58.9 Å². The lowest BCUT2D eigenvalue weighted by molar-refractivity contribution is -0.157. The van der Waals surface area contributed by atoms with E-state index < -0.39 is 34.6 Å². The molecule has 4 rings (SSSR count). The van der Waals surface area contributed by atoms with E-state index in [0.29, 0.717) is 26.1 Å². The zero-order valence-electron chi connectivity index (χ0n) is 23.6. The lowest BCUT2D eigenvalue weighted by atomic mass is 9.72. The number of hydrogen-bond donors (Lipinski definition) is 1. The molecule has 1 spiro atoms. The summed E-state index contributed by atoms with van der Waals surface area (Å²) in [6, 6.07) is -0.939. The molecule has 2 fully saturated rings. The minimum Gasteiger partial charge on any atom is -0.395 e. The third-order valence-corrected chi connectivity index (χ3v) is 8.55. The number of likely N-dealkylation sites (tertiary alicyclic amines) is 1. The van der Waals surface area contributed by atoms with Gasteiger partial charge >= 0.3 is 0 Å². The SMILES string of the molecule is CCCN1CC=C[C@]2(CC)O[C@]34C=CCN(C(C)(C)CC(C)(C)C)C(=O)C3N(CCO)C(=O)[C@@H]4[C@@H]2C1=O. The van der Waals surface area contributed by atoms with Crippen LogP contribution in [0.5, 0.6) is 0 Å². The molecule has 0 aliphatic carbocycles. The molecule has 0 bridgehead atoms. The van der Waals surface area contributed by atoms with E-state index in [0.717, 1.165) is 12.8 Å². The van der Waals surface area contributed by atoms with E-state index in [9.17, 15) is 19.5 Å². The van der Waals surface area contributed by atoms with Gasteiger partial charge in [-0.05, 0) is 38.5 Å². The molecule has 206 valence electrons. The average Bonchev–Trinajstić information content (AvgIpc) is 3.07. The largest absolute Gasteiger partial charge is 0.395 e. The Bertz CT molecular complexity index is 998. The minimum atomic E-state index is -1.27. The smallest absolute Gasteiger partial charge is 0.249 e. The Morgan fingerprint density at radius 2 is 1.62 bits per heavy atom. The number of rotatable bonds is 7. The molecule has 37 heavy (non-hydrogen) atoms. The lowest BCUT2D eigenvalue weighted by Gasteiger charge is -2.45. The molecule has 5 atom stereocenters. The van der Waals surface area contributed by atoms with Gasteiger partial charge in [-0.15, -0.1) is 0 Å². The molecule has 0 aromatic heterocycles. The number of ether oxygens (including phenoxy) is 1. The number of hydrogen-bond acceptors (Lipinski definition) is 5. The summed E-state index contributed by atoms with van der Waals surface area (Å²) in [7, 11) is 0. The van der Waals surface area contributed by atoms with E-state index >= 15 is 0 Å². The van der Waals surface area contributed by atoms with E-state index in [4.69, 9.17) is 4.74 Å². The fraction of sp³-hybridized carbons (Fsp3) is 0.759. The van der Waals surface area contributed by atoms with Crippen LogP contribution in [0.4, 0.5) is 0 Å². The maximum Gasteiger partial charge on any atom is 0.249 e. The highest BCUT2D eigenvalue weighted by Crippen LogP contribution is 2.58. The summed E-state index contributed by atoms with van der Waals surface area (Å²) >= 11 is 0. The molecule has 4 aliphatic heterocycles. The maximum absolute atomic E-state index is 14.5. The molecule has 8 nitrogen and oxygen atoms in total. The number of carbonyl (C=O) groups excluding carboxylic acids is 3. The summed E-state index contributed by atoms with van der Waals surface area (Å²) in [6.07, 6.45) is 9.86. The van der Waals surface area contributed by atoms with Crippen molar-refractivity contribution in [2.24, 2.45) is 17.3 Å². The van der Waals surface area contributed by atoms with Crippen molar-refractivity contribution in [1.29, 1.82) is 0 Å². The van der Waals surface area contributed by atoms with Gasteiger partial charge in [-0.2, -0.15) is 0 Å². The van der Waals surface area contributed by atoms with Crippen LogP contribution in [0, 0.1) is 17.3 Å². The number of nitrogens with zero attached hydrogens (tertiary/aromatic N) is 3. The van der Waals surface area contributed by atoms with Gasteiger partial charge in [0.2, 0.25) is 17.7 Å². The second-order valence-corrected chi connectivity index (χ2v) is 13.0. The number of aliphatic hydroxyl groups is 1. The highest BCUT2D eigenvalue weighted by atomic mass is 16.5. The maximum atomic E-state index is 14.5. The van der Waals surface area contributed by atoms with Gasteiger partial charge in [0.15, 0.2) is 0 Å². The van der Waals surface area contributed by atoms with Crippen molar-refractivity contribution in [1.82, 2.24) is 14.7 Å². The van der Waals surface area contributed by atoms with E-state index in [1.165, 1.54) is 4.90 Å². The highest BCUT2D eigenvalue weighted by Gasteiger charge is 2.75. The normalized spacial score (nSPS) is 34.0. The molecule has 1 N–H and O–H groups in total. The summed E-state index contributed by atoms with van der Waals surface area (Å²) in [4.78, 5) is 47.8. The first-order valence-electron chi connectivity index (χ1n) is 13.9. The van der Waals surface area contributed by atoms with Crippen LogP contribution >= 0.6 is 0 Å². The third-order valence-electron chi connectivity index (χ3n) is 8.55. The predicted molar refractivity (Wildman–Crippen MR) is 141 cm³/mol. The van der Waals surface area contributed by atoms with Crippen molar-refractivity contribution in [2.45, 2.75) is 90.5 Å². The Labute approximate surface area is 221 Å². The summed E-state index contributed by atoms with van der Waals surface area (Å²) in [5.41, 5.74) is -2.73. The Balaban J connectivity index is 1.85. The summed E-state index contributed by atoms with van der Waals surface area (Å²) in [5, 5.41) is 9.91. The van der Waals surface area contributed by atoms with E-state index in [-0.39, 0.29) is 36.3 Å². The fourth-order valence-electron chi connectivity index (χ4n) is 7.57. The minimum absolute atomic E-state index is 0.0143. The molecule has 0 aromatic carbocycles. The number of β-amino-alcohol motifs (C(OH)–C–C–N with tert-alkyl or cyclic N) is 1. The van der Waals surface area contributed by atoms with Crippen LogP contribution in [0.2, 0.25) is 0 Å². The molecule has 4 aliphatic rings. The first-order chi connectivity index (χ1) is 17.3. The van der Waals surface area contributed by atoms with E-state index in [1.54, 1.807) is 4.90 Å². The van der Waals surface area contributed by atoms with Gasteiger partial charge in [0, 0.05) is 31.7 Å². The molecular formula is C29H45N3O5. The number of fused-ring (bicyclic) bond motifs is 2. The fourth-order valence-corrected chi connectivity index (χ4v) is 7.57. The van der Waals surface area contributed by atoms with Gasteiger partial charge in [0.05, 0.1) is 24.0 Å². The molecule has 0 radical (unpaired) electrons. The third kappa shape index (κ3) is 4.34.